The molecule has 3 rings (SSSR count). The molecule has 0 saturated carbocycles. The summed E-state index contributed by atoms with van der Waals surface area (Å²) in [5.74, 6) is 0.114. The zero-order valence-electron chi connectivity index (χ0n) is 14.3. The molecule has 1 aromatic rings. The third-order valence-electron chi connectivity index (χ3n) is 4.93. The molecule has 24 heavy (non-hydrogen) atoms. The lowest BCUT2D eigenvalue weighted by molar-refractivity contribution is -0.132. The summed E-state index contributed by atoms with van der Waals surface area (Å²) in [6, 6.07) is 0. The monoisotopic (exact) mass is 350 g/mol. The van der Waals surface area contributed by atoms with Gasteiger partial charge in [-0.3, -0.25) is 14.5 Å². The standard InChI is InChI=1S/C17H26N4O2S/c1-13(22)21-9-5-14(6-10-21)16(23)19-17-18-15(12-24-17)11-20-7-3-2-4-8-20/h12,14H,2-11H2,1H3,(H,18,19,23). The average molecular weight is 350 g/mol. The Kier molecular flexibility index (Phi) is 5.84. The van der Waals surface area contributed by atoms with Gasteiger partial charge in [0.2, 0.25) is 11.8 Å². The van der Waals surface area contributed by atoms with Gasteiger partial charge in [0.25, 0.3) is 0 Å². The molecule has 2 saturated heterocycles. The Morgan fingerprint density at radius 1 is 1.21 bits per heavy atom. The number of hydrogen-bond acceptors (Lipinski definition) is 5. The summed E-state index contributed by atoms with van der Waals surface area (Å²) < 4.78 is 0. The Morgan fingerprint density at radius 2 is 1.92 bits per heavy atom. The van der Waals surface area contributed by atoms with Gasteiger partial charge in [-0.2, -0.15) is 0 Å². The summed E-state index contributed by atoms with van der Waals surface area (Å²) in [6.45, 7) is 6.10. The molecule has 1 N–H and O–H groups in total. The number of amides is 2. The van der Waals surface area contributed by atoms with E-state index in [9.17, 15) is 9.59 Å². The second-order valence-electron chi connectivity index (χ2n) is 6.75. The van der Waals surface area contributed by atoms with Crippen molar-refractivity contribution >= 4 is 28.3 Å². The molecular weight excluding hydrogens is 324 g/mol. The van der Waals surface area contributed by atoms with Gasteiger partial charge in [-0.05, 0) is 38.8 Å². The second kappa shape index (κ2) is 8.07. The van der Waals surface area contributed by atoms with Crippen LogP contribution in [0.25, 0.3) is 0 Å². The lowest BCUT2D eigenvalue weighted by Crippen LogP contribution is -2.40. The lowest BCUT2D eigenvalue weighted by Gasteiger charge is -2.30. The van der Waals surface area contributed by atoms with Crippen LogP contribution in [0.5, 0.6) is 0 Å². The summed E-state index contributed by atoms with van der Waals surface area (Å²) in [6.07, 6.45) is 5.34. The van der Waals surface area contributed by atoms with Gasteiger partial charge in [-0.15, -0.1) is 11.3 Å². The smallest absolute Gasteiger partial charge is 0.229 e. The molecule has 3 heterocycles. The van der Waals surface area contributed by atoms with E-state index >= 15 is 0 Å². The number of rotatable bonds is 4. The van der Waals surface area contributed by atoms with Crippen LogP contribution in [0.15, 0.2) is 5.38 Å². The minimum absolute atomic E-state index is 0.0185. The van der Waals surface area contributed by atoms with Crippen molar-refractivity contribution in [2.75, 3.05) is 31.5 Å². The van der Waals surface area contributed by atoms with Crippen molar-refractivity contribution < 1.29 is 9.59 Å². The number of carbonyl (C=O) groups excluding carboxylic acids is 2. The maximum Gasteiger partial charge on any atom is 0.229 e. The van der Waals surface area contributed by atoms with Gasteiger partial charge in [-0.1, -0.05) is 6.42 Å². The zero-order valence-corrected chi connectivity index (χ0v) is 15.1. The zero-order chi connectivity index (χ0) is 16.9. The Labute approximate surface area is 147 Å². The predicted octanol–water partition coefficient (Wildman–Crippen LogP) is 2.33. The predicted molar refractivity (Wildman–Crippen MR) is 94.8 cm³/mol. The van der Waals surface area contributed by atoms with E-state index < -0.39 is 0 Å². The molecule has 6 nitrogen and oxygen atoms in total. The average Bonchev–Trinajstić information content (AvgIpc) is 3.02. The molecule has 0 radical (unpaired) electrons. The first-order valence-corrected chi connectivity index (χ1v) is 9.73. The van der Waals surface area contributed by atoms with E-state index in [2.05, 4.69) is 15.2 Å². The fourth-order valence-corrected chi connectivity index (χ4v) is 4.15. The first kappa shape index (κ1) is 17.4. The third-order valence-corrected chi connectivity index (χ3v) is 5.73. The van der Waals surface area contributed by atoms with E-state index in [4.69, 9.17) is 0 Å². The summed E-state index contributed by atoms with van der Waals surface area (Å²) in [4.78, 5) is 32.5. The molecule has 2 fully saturated rings. The molecule has 0 atom stereocenters. The number of nitrogens with one attached hydrogen (secondary N) is 1. The number of hydrogen-bond donors (Lipinski definition) is 1. The van der Waals surface area contributed by atoms with Crippen LogP contribution in [0.1, 0.15) is 44.7 Å². The van der Waals surface area contributed by atoms with Crippen LogP contribution in [0.2, 0.25) is 0 Å². The molecule has 1 aromatic heterocycles. The van der Waals surface area contributed by atoms with Gasteiger partial charge in [-0.25, -0.2) is 4.98 Å². The van der Waals surface area contributed by atoms with Crippen LogP contribution < -0.4 is 5.32 Å². The molecule has 0 unspecified atom stereocenters. The minimum atomic E-state index is -0.0185. The normalized spacial score (nSPS) is 20.1. The van der Waals surface area contributed by atoms with Gasteiger partial charge in [0, 0.05) is 37.9 Å². The SMILES string of the molecule is CC(=O)N1CCC(C(=O)Nc2nc(CN3CCCCC3)cs2)CC1. The van der Waals surface area contributed by atoms with Gasteiger partial charge >= 0.3 is 0 Å². The minimum Gasteiger partial charge on any atom is -0.343 e. The largest absolute Gasteiger partial charge is 0.343 e. The van der Waals surface area contributed by atoms with Gasteiger partial charge in [0.05, 0.1) is 5.69 Å². The van der Waals surface area contributed by atoms with Gasteiger partial charge in [0.15, 0.2) is 5.13 Å². The topological polar surface area (TPSA) is 65.5 Å². The summed E-state index contributed by atoms with van der Waals surface area (Å²) >= 11 is 1.50. The highest BCUT2D eigenvalue weighted by Crippen LogP contribution is 2.22. The second-order valence-corrected chi connectivity index (χ2v) is 7.61. The molecular formula is C17H26N4O2S. The van der Waals surface area contributed by atoms with Crippen LogP contribution in [0, 0.1) is 5.92 Å². The molecule has 132 valence electrons. The number of aromatic nitrogens is 1. The summed E-state index contributed by atoms with van der Waals surface area (Å²) in [7, 11) is 0. The van der Waals surface area contributed by atoms with E-state index in [1.165, 1.54) is 30.6 Å². The van der Waals surface area contributed by atoms with Crippen molar-refractivity contribution in [3.63, 3.8) is 0 Å². The molecule has 2 aliphatic rings. The van der Waals surface area contributed by atoms with E-state index in [1.807, 2.05) is 10.3 Å². The Hall–Kier alpha value is -1.47. The van der Waals surface area contributed by atoms with Crippen molar-refractivity contribution in [3.05, 3.63) is 11.1 Å². The van der Waals surface area contributed by atoms with Crippen molar-refractivity contribution in [3.8, 4) is 0 Å². The maximum atomic E-state index is 12.4. The molecule has 2 amide bonds. The highest BCUT2D eigenvalue weighted by Gasteiger charge is 2.26. The highest BCUT2D eigenvalue weighted by molar-refractivity contribution is 7.13. The number of anilines is 1. The van der Waals surface area contributed by atoms with Crippen molar-refractivity contribution in [1.82, 2.24) is 14.8 Å². The molecule has 2 aliphatic heterocycles. The molecule has 0 bridgehead atoms. The fourth-order valence-electron chi connectivity index (χ4n) is 3.45. The first-order valence-electron chi connectivity index (χ1n) is 8.85. The fraction of sp³-hybridized carbons (Fsp3) is 0.706. The maximum absolute atomic E-state index is 12.4. The summed E-state index contributed by atoms with van der Waals surface area (Å²) in [5.41, 5.74) is 1.04. The Bertz CT molecular complexity index is 575. The number of thiazole rings is 1. The number of carbonyl (C=O) groups is 2. The van der Waals surface area contributed by atoms with Gasteiger partial charge < -0.3 is 10.2 Å². The van der Waals surface area contributed by atoms with Crippen molar-refractivity contribution in [2.45, 2.75) is 45.6 Å². The van der Waals surface area contributed by atoms with E-state index in [0.717, 1.165) is 38.2 Å². The summed E-state index contributed by atoms with van der Waals surface area (Å²) in [5, 5.41) is 5.70. The van der Waals surface area contributed by atoms with Crippen molar-refractivity contribution in [1.29, 1.82) is 0 Å². The highest BCUT2D eigenvalue weighted by atomic mass is 32.1. The molecule has 0 aliphatic carbocycles. The quantitative estimate of drug-likeness (QED) is 0.905. The van der Waals surface area contributed by atoms with E-state index in [1.54, 1.807) is 6.92 Å². The lowest BCUT2D eigenvalue weighted by atomic mass is 9.96. The molecule has 7 heteroatoms. The number of nitrogens with zero attached hydrogens (tertiary/aromatic N) is 3. The van der Waals surface area contributed by atoms with Crippen LogP contribution in [0.4, 0.5) is 5.13 Å². The van der Waals surface area contributed by atoms with Crippen LogP contribution in [-0.4, -0.2) is 52.8 Å². The van der Waals surface area contributed by atoms with E-state index in [-0.39, 0.29) is 17.7 Å². The molecule has 0 spiro atoms. The number of likely N-dealkylation sites (tertiary alicyclic amines) is 2. The van der Waals surface area contributed by atoms with E-state index in [0.29, 0.717) is 18.2 Å². The van der Waals surface area contributed by atoms with Crippen molar-refractivity contribution in [2.24, 2.45) is 5.92 Å². The van der Waals surface area contributed by atoms with Gasteiger partial charge in [0.1, 0.15) is 0 Å². The number of piperidine rings is 2. The van der Waals surface area contributed by atoms with Crippen LogP contribution >= 0.6 is 11.3 Å². The van der Waals surface area contributed by atoms with Crippen LogP contribution in [-0.2, 0) is 16.1 Å². The third kappa shape index (κ3) is 4.54. The Balaban J connectivity index is 1.47. The molecule has 0 aromatic carbocycles. The first-order chi connectivity index (χ1) is 11.6. The Morgan fingerprint density at radius 3 is 2.58 bits per heavy atom. The van der Waals surface area contributed by atoms with Crippen LogP contribution in [0.3, 0.4) is 0 Å².